The molecule has 0 N–H and O–H groups in total. The highest BCUT2D eigenvalue weighted by Gasteiger charge is 2.22. The van der Waals surface area contributed by atoms with E-state index in [-0.39, 0.29) is 51.3 Å². The Hall–Kier alpha value is -6.70. The van der Waals surface area contributed by atoms with Crippen LogP contribution in [0.25, 0.3) is 109 Å². The molecule has 11 rings (SSSR count). The Balaban J connectivity index is 1.39. The molecule has 10 aromatic carbocycles. The minimum Gasteiger partial charge on any atom is -0.455 e. The molecule has 0 saturated carbocycles. The molecule has 0 aliphatic carbocycles. The van der Waals surface area contributed by atoms with Gasteiger partial charge in [0.15, 0.2) is 0 Å². The van der Waals surface area contributed by atoms with Gasteiger partial charge in [-0.3, -0.25) is 0 Å². The average molecular weight is 655 g/mol. The number of benzene rings is 10. The van der Waals surface area contributed by atoms with Gasteiger partial charge in [0, 0.05) is 16.2 Å². The van der Waals surface area contributed by atoms with E-state index >= 15 is 0 Å². The molecule has 1 heteroatoms. The van der Waals surface area contributed by atoms with Crippen molar-refractivity contribution in [3.63, 3.8) is 0 Å². The number of fused-ring (bicyclic) bond motifs is 10. The third-order valence-corrected chi connectivity index (χ3v) is 10.3. The summed E-state index contributed by atoms with van der Waals surface area (Å²) >= 11 is 0. The zero-order valence-corrected chi connectivity index (χ0v) is 27.1. The highest BCUT2D eigenvalue weighted by atomic mass is 16.3. The second-order valence-corrected chi connectivity index (χ2v) is 13.0. The van der Waals surface area contributed by atoms with Crippen molar-refractivity contribution in [3.8, 4) is 33.4 Å². The van der Waals surface area contributed by atoms with Crippen LogP contribution in [-0.4, -0.2) is 0 Å². The van der Waals surface area contributed by atoms with Gasteiger partial charge < -0.3 is 4.42 Å². The predicted molar refractivity (Wildman–Crippen MR) is 218 cm³/mol. The summed E-state index contributed by atoms with van der Waals surface area (Å²) in [5.41, 5.74) is 4.93. The molecule has 236 valence electrons. The maximum atomic E-state index is 9.64. The van der Waals surface area contributed by atoms with Crippen LogP contribution in [0.1, 0.15) is 11.0 Å². The van der Waals surface area contributed by atoms with Crippen molar-refractivity contribution in [1.29, 1.82) is 0 Å². The molecule has 1 heterocycles. The van der Waals surface area contributed by atoms with Crippen molar-refractivity contribution in [1.82, 2.24) is 0 Å². The Morgan fingerprint density at radius 2 is 1.00 bits per heavy atom. The molecular weight excluding hydrogens is 617 g/mol. The molecule has 0 bridgehead atoms. The van der Waals surface area contributed by atoms with Gasteiger partial charge in [0.2, 0.25) is 0 Å². The average Bonchev–Trinajstić information content (AvgIpc) is 3.67. The molecular formula is C50H30O. The van der Waals surface area contributed by atoms with Gasteiger partial charge >= 0.3 is 0 Å². The van der Waals surface area contributed by atoms with Crippen LogP contribution in [0.3, 0.4) is 0 Å². The van der Waals surface area contributed by atoms with Crippen molar-refractivity contribution in [2.45, 2.75) is 0 Å². The van der Waals surface area contributed by atoms with Crippen LogP contribution in [0.5, 0.6) is 0 Å². The summed E-state index contributed by atoms with van der Waals surface area (Å²) in [6.07, 6.45) is 0. The van der Waals surface area contributed by atoms with Gasteiger partial charge in [-0.15, -0.1) is 0 Å². The van der Waals surface area contributed by atoms with Gasteiger partial charge in [-0.1, -0.05) is 158 Å². The quantitative estimate of drug-likeness (QED) is 0.136. The van der Waals surface area contributed by atoms with E-state index < -0.39 is 24.2 Å². The van der Waals surface area contributed by atoms with Gasteiger partial charge in [0.05, 0.1) is 11.0 Å². The first-order chi connectivity index (χ1) is 28.6. The number of hydrogen-bond donors (Lipinski definition) is 0. The first-order valence-corrected chi connectivity index (χ1v) is 16.9. The van der Waals surface area contributed by atoms with Gasteiger partial charge in [-0.2, -0.15) is 0 Å². The van der Waals surface area contributed by atoms with E-state index in [1.807, 2.05) is 127 Å². The third-order valence-electron chi connectivity index (χ3n) is 10.3. The zero-order valence-electron chi connectivity index (χ0n) is 35.1. The molecule has 1 nitrogen and oxygen atoms in total. The van der Waals surface area contributed by atoms with Gasteiger partial charge in [0.1, 0.15) is 11.2 Å². The summed E-state index contributed by atoms with van der Waals surface area (Å²) in [5.74, 6) is 0. The largest absolute Gasteiger partial charge is 0.455 e. The molecule has 0 spiro atoms. The highest BCUT2D eigenvalue weighted by Crippen LogP contribution is 2.49. The van der Waals surface area contributed by atoms with Crippen molar-refractivity contribution < 1.29 is 15.4 Å². The SMILES string of the molecule is [2H]c1c([2H])c([2H])c2c(-c3cccc4oc5c6ccccc6ccc5c34)c3c([2H])c([2H])c([2H])c([2H])c3c(-c3cc4ccccc4c4cc(-c5ccccc5)ccc34)c2c1[2H]. The fourth-order valence-corrected chi connectivity index (χ4v) is 8.05. The molecule has 0 unspecified atom stereocenters. The second-order valence-electron chi connectivity index (χ2n) is 13.0. The van der Waals surface area contributed by atoms with Gasteiger partial charge in [0.25, 0.3) is 0 Å². The molecule has 0 aliphatic heterocycles. The standard InChI is InChI=1S/C50H30O/c1-2-13-31(14-3-1)33-26-27-37-44(29-33)35-17-6-5-16-34(35)30-45(37)48-40-21-10-8-19-38(40)47(39-20-9-11-22-41(39)48)42-23-12-24-46-49(42)43-28-25-32-15-4-7-18-36(32)50(43)51-46/h1-30H/i8D,9D,10D,11D,19D,20D,21D,22D. The Labute approximate surface area is 305 Å². The van der Waals surface area contributed by atoms with Crippen LogP contribution < -0.4 is 0 Å². The second kappa shape index (κ2) is 10.9. The van der Waals surface area contributed by atoms with E-state index in [2.05, 4.69) is 6.07 Å². The van der Waals surface area contributed by atoms with E-state index in [1.165, 1.54) is 0 Å². The van der Waals surface area contributed by atoms with Crippen LogP contribution >= 0.6 is 0 Å². The lowest BCUT2D eigenvalue weighted by Crippen LogP contribution is -1.93. The number of rotatable bonds is 3. The maximum absolute atomic E-state index is 9.64. The fourth-order valence-electron chi connectivity index (χ4n) is 8.05. The minimum atomic E-state index is -0.444. The van der Waals surface area contributed by atoms with Crippen molar-refractivity contribution >= 4 is 75.8 Å². The van der Waals surface area contributed by atoms with Crippen molar-refractivity contribution in [2.75, 3.05) is 0 Å². The molecule has 0 amide bonds. The summed E-state index contributed by atoms with van der Waals surface area (Å²) in [6.45, 7) is 0. The highest BCUT2D eigenvalue weighted by molar-refractivity contribution is 6.29. The molecule has 0 radical (unpaired) electrons. The van der Waals surface area contributed by atoms with Crippen LogP contribution in [-0.2, 0) is 0 Å². The normalized spacial score (nSPS) is 14.1. The molecule has 0 fully saturated rings. The van der Waals surface area contributed by atoms with E-state index in [1.54, 1.807) is 0 Å². The predicted octanol–water partition coefficient (Wildman–Crippen LogP) is 14.4. The lowest BCUT2D eigenvalue weighted by Gasteiger charge is -2.20. The molecule has 11 aromatic rings. The van der Waals surface area contributed by atoms with Crippen LogP contribution in [0, 0.1) is 0 Å². The molecule has 0 atom stereocenters. The van der Waals surface area contributed by atoms with Crippen molar-refractivity contribution in [2.24, 2.45) is 0 Å². The zero-order chi connectivity index (χ0) is 40.4. The van der Waals surface area contributed by atoms with Crippen LogP contribution in [0.4, 0.5) is 0 Å². The van der Waals surface area contributed by atoms with E-state index in [9.17, 15) is 5.48 Å². The fraction of sp³-hybridized carbons (Fsp3) is 0. The smallest absolute Gasteiger partial charge is 0.143 e. The molecule has 0 aliphatic rings. The maximum Gasteiger partial charge on any atom is 0.143 e. The summed E-state index contributed by atoms with van der Waals surface area (Å²) < 4.78 is 81.2. The third kappa shape index (κ3) is 4.16. The Morgan fingerprint density at radius 1 is 0.373 bits per heavy atom. The van der Waals surface area contributed by atoms with E-state index in [0.717, 1.165) is 48.8 Å². The topological polar surface area (TPSA) is 13.1 Å². The summed E-state index contributed by atoms with van der Waals surface area (Å²) in [6, 6.07) is 40.5. The lowest BCUT2D eigenvalue weighted by atomic mass is 9.83. The summed E-state index contributed by atoms with van der Waals surface area (Å²) in [5, 5.41) is 7.51. The first kappa shape index (κ1) is 21.4. The summed E-state index contributed by atoms with van der Waals surface area (Å²) in [7, 11) is 0. The monoisotopic (exact) mass is 654 g/mol. The Kier molecular flexibility index (Phi) is 4.57. The van der Waals surface area contributed by atoms with Crippen LogP contribution in [0.2, 0.25) is 0 Å². The van der Waals surface area contributed by atoms with E-state index in [0.29, 0.717) is 33.2 Å². The van der Waals surface area contributed by atoms with E-state index in [4.69, 9.17) is 9.90 Å². The molecule has 1 aromatic heterocycles. The van der Waals surface area contributed by atoms with Crippen molar-refractivity contribution in [3.05, 3.63) is 182 Å². The van der Waals surface area contributed by atoms with Gasteiger partial charge in [-0.05, 0) is 106 Å². The number of hydrogen-bond acceptors (Lipinski definition) is 1. The Morgan fingerprint density at radius 3 is 1.75 bits per heavy atom. The summed E-state index contributed by atoms with van der Waals surface area (Å²) in [4.78, 5) is 0. The molecule has 0 saturated heterocycles. The molecule has 51 heavy (non-hydrogen) atoms. The number of furan rings is 1. The Bertz CT molecular complexity index is 3570. The first-order valence-electron chi connectivity index (χ1n) is 20.9. The lowest BCUT2D eigenvalue weighted by molar-refractivity contribution is 0.673. The van der Waals surface area contributed by atoms with Crippen LogP contribution in [0.15, 0.2) is 186 Å². The van der Waals surface area contributed by atoms with Gasteiger partial charge in [-0.25, -0.2) is 0 Å². The minimum absolute atomic E-state index is 0.161.